The SMILES string of the molecule is CC(=O)N[C@H]1[C@H]2OC[C@](COCCCCC(=O)NCCCNC(=O)CCOCC(COCCC(=O)NCCCNC(=O)CCCCOC[C@@]34CO[C@@H](O3)[C@H](NC(C)=O)[C@@H](O)[C@H]4O)(COCCC(=O)NCCCNC(=O)CCCCOC[C@@]34CO[C@@H](O3)[C@H](NC(C)=O)[C@@H](O)[C@H]4O)NC(=O)CCCCCCCCCCC(=O)O)(O2)[C@H](O)[C@@H]1O. The molecule has 40 nitrogen and oxygen atoms in total. The molecule has 116 heavy (non-hydrogen) atoms. The second-order valence-corrected chi connectivity index (χ2v) is 30.7. The average molecular weight is 1660 g/mol. The first-order valence-corrected chi connectivity index (χ1v) is 41.0. The van der Waals surface area contributed by atoms with Crippen LogP contribution in [0.3, 0.4) is 0 Å². The average Bonchev–Trinajstić information content (AvgIpc) is 1.61. The standard InChI is InChI=1S/C76H130N10O30/c1-50(87)83-61-64(99)67(102)74(47-111-70(61)114-74)44-105-35-15-12-21-53(90)77-29-18-32-80-56(93)26-38-108-41-73(86-59(96)24-10-8-6-4-5-7-9-11-25-60(97)98,42-109-39-27-57(94)81-33-19-30-78-54(91)22-13-16-36-106-45-75-48-112-71(115-75)62(84-51(2)88)65(100)68(75)103)43-110-40-28-58(95)82-34-20-31-79-55(92)23-14-17-37-107-46-76-49-113-72(116-76)63(85-52(3)89)66(101)69(76)104/h61-72,99-104H,4-49H2,1-3H3,(H,77,90)(H,78,91)(H,79,92)(H,80,93)(H,81,94)(H,82,95)(H,83,87)(H,84,88)(H,85,89)(H,86,96)(H,97,98)/t61-,62-,63-,64-,65-,66-,67-,68-,69-,70+,71+,72+,74+,75+,76+/m1/s1. The maximum absolute atomic E-state index is 13.9. The lowest BCUT2D eigenvalue weighted by Crippen LogP contribution is -2.66. The van der Waals surface area contributed by atoms with Gasteiger partial charge in [-0.2, -0.15) is 0 Å². The van der Waals surface area contributed by atoms with Gasteiger partial charge in [-0.05, 0) is 70.6 Å². The third-order valence-corrected chi connectivity index (χ3v) is 20.6. The third-order valence-electron chi connectivity index (χ3n) is 20.6. The molecule has 6 bridgehead atoms. The molecule has 6 fully saturated rings. The molecule has 0 aromatic carbocycles. The van der Waals surface area contributed by atoms with Gasteiger partial charge in [-0.3, -0.25) is 52.7 Å². The molecule has 6 heterocycles. The number of carbonyl (C=O) groups is 11. The number of aliphatic carboxylic acids is 1. The normalized spacial score (nSPS) is 26.3. The summed E-state index contributed by atoms with van der Waals surface area (Å²) in [6.45, 7) is 4.79. The molecule has 6 aliphatic heterocycles. The van der Waals surface area contributed by atoms with Crippen molar-refractivity contribution in [2.75, 3.05) is 138 Å². The summed E-state index contributed by atoms with van der Waals surface area (Å²) in [7, 11) is 0. The number of amides is 10. The van der Waals surface area contributed by atoms with E-state index in [1.807, 2.05) is 0 Å². The second-order valence-electron chi connectivity index (χ2n) is 30.7. The van der Waals surface area contributed by atoms with Crippen LogP contribution in [-0.2, 0) is 110 Å². The molecule has 0 unspecified atom stereocenters. The van der Waals surface area contributed by atoms with Crippen molar-refractivity contribution < 1.29 is 145 Å². The Morgan fingerprint density at radius 3 is 0.871 bits per heavy atom. The first-order chi connectivity index (χ1) is 55.6. The molecule has 0 aromatic rings. The molecule has 10 amide bonds. The van der Waals surface area contributed by atoms with Crippen molar-refractivity contribution in [1.82, 2.24) is 53.2 Å². The molecule has 6 saturated heterocycles. The first kappa shape index (κ1) is 98.3. The van der Waals surface area contributed by atoms with Crippen molar-refractivity contribution in [3.05, 3.63) is 0 Å². The molecule has 0 spiro atoms. The molecule has 0 saturated carbocycles. The second kappa shape index (κ2) is 52.5. The lowest BCUT2D eigenvalue weighted by atomic mass is 9.88. The number of rotatable bonds is 63. The zero-order valence-corrected chi connectivity index (χ0v) is 67.5. The topological polar surface area (TPSA) is 560 Å². The lowest BCUT2D eigenvalue weighted by molar-refractivity contribution is -0.237. The van der Waals surface area contributed by atoms with E-state index >= 15 is 0 Å². The van der Waals surface area contributed by atoms with E-state index in [0.29, 0.717) is 70.6 Å². The molecule has 17 N–H and O–H groups in total. The number of carbonyl (C=O) groups excluding carboxylic acids is 10. The summed E-state index contributed by atoms with van der Waals surface area (Å²) in [5.41, 5.74) is -5.30. The minimum atomic E-state index is -1.40. The molecule has 0 aromatic heterocycles. The molecule has 0 aliphatic carbocycles. The highest BCUT2D eigenvalue weighted by Gasteiger charge is 2.62. The van der Waals surface area contributed by atoms with Crippen LogP contribution >= 0.6 is 0 Å². The molecular formula is C76H130N10O30. The number of hydrogen-bond acceptors (Lipinski definition) is 29. The Balaban J connectivity index is 0.913. The van der Waals surface area contributed by atoms with Crippen LogP contribution in [0.1, 0.15) is 181 Å². The van der Waals surface area contributed by atoms with Crippen LogP contribution in [0, 0.1) is 0 Å². The van der Waals surface area contributed by atoms with Crippen molar-refractivity contribution in [2.24, 2.45) is 0 Å². The van der Waals surface area contributed by atoms with E-state index in [9.17, 15) is 83.4 Å². The minimum absolute atomic E-state index is 0.0438. The zero-order chi connectivity index (χ0) is 84.4. The van der Waals surface area contributed by atoms with Gasteiger partial charge in [0, 0.05) is 131 Å². The fourth-order valence-corrected chi connectivity index (χ4v) is 14.1. The summed E-state index contributed by atoms with van der Waals surface area (Å²) in [5.74, 6) is -4.06. The van der Waals surface area contributed by atoms with E-state index in [1.54, 1.807) is 0 Å². The number of ether oxygens (including phenoxy) is 12. The van der Waals surface area contributed by atoms with E-state index in [2.05, 4.69) is 53.2 Å². The Labute approximate surface area is 676 Å². The maximum atomic E-state index is 13.9. The van der Waals surface area contributed by atoms with E-state index in [-0.39, 0.29) is 231 Å². The van der Waals surface area contributed by atoms with Gasteiger partial charge in [-0.25, -0.2) is 0 Å². The number of carboxylic acid groups (broad SMARTS) is 1. The van der Waals surface area contributed by atoms with Crippen LogP contribution < -0.4 is 53.2 Å². The van der Waals surface area contributed by atoms with Crippen LogP contribution in [0.2, 0.25) is 0 Å². The number of carboxylic acids is 1. The number of aliphatic hydroxyl groups is 6. The van der Waals surface area contributed by atoms with Gasteiger partial charge < -0.3 is 146 Å². The van der Waals surface area contributed by atoms with E-state index < -0.39 is 120 Å². The molecule has 40 heteroatoms. The fourth-order valence-electron chi connectivity index (χ4n) is 14.1. The highest BCUT2D eigenvalue weighted by Crippen LogP contribution is 2.40. The highest BCUT2D eigenvalue weighted by atomic mass is 16.8. The number of fused-ring (bicyclic) bond motifs is 6. The van der Waals surface area contributed by atoms with Crippen LogP contribution in [-0.4, -0.2) is 335 Å². The Morgan fingerprint density at radius 2 is 0.586 bits per heavy atom. The molecule has 6 rings (SSSR count). The highest BCUT2D eigenvalue weighted by molar-refractivity contribution is 5.79. The van der Waals surface area contributed by atoms with Gasteiger partial charge >= 0.3 is 5.97 Å². The lowest BCUT2D eigenvalue weighted by Gasteiger charge is -2.42. The van der Waals surface area contributed by atoms with Crippen LogP contribution in [0.5, 0.6) is 0 Å². The van der Waals surface area contributed by atoms with Gasteiger partial charge in [0.25, 0.3) is 0 Å². The number of hydrogen-bond donors (Lipinski definition) is 17. The molecule has 6 aliphatic rings. The molecule has 0 radical (unpaired) electrons. The monoisotopic (exact) mass is 1660 g/mol. The Bertz CT molecular complexity index is 2770. The molecule has 15 atom stereocenters. The summed E-state index contributed by atoms with van der Waals surface area (Å²) in [5, 5.41) is 101. The molecule has 664 valence electrons. The Morgan fingerprint density at radius 1 is 0.328 bits per heavy atom. The summed E-state index contributed by atoms with van der Waals surface area (Å²) >= 11 is 0. The zero-order valence-electron chi connectivity index (χ0n) is 67.5. The van der Waals surface area contributed by atoms with Crippen LogP contribution in [0.15, 0.2) is 0 Å². The Kier molecular flexibility index (Phi) is 44.5. The van der Waals surface area contributed by atoms with Gasteiger partial charge in [-0.15, -0.1) is 0 Å². The predicted octanol–water partition coefficient (Wildman–Crippen LogP) is -3.47. The summed E-state index contributed by atoms with van der Waals surface area (Å²) in [6.07, 6.45) is 0.252. The van der Waals surface area contributed by atoms with Crippen molar-refractivity contribution in [1.29, 1.82) is 0 Å². The fraction of sp³-hybridized carbons (Fsp3) is 0.855. The van der Waals surface area contributed by atoms with Crippen LogP contribution in [0.25, 0.3) is 0 Å². The Hall–Kier alpha value is -6.55. The minimum Gasteiger partial charge on any atom is -0.481 e. The number of nitrogens with one attached hydrogen (secondary N) is 10. The maximum Gasteiger partial charge on any atom is 0.303 e. The molecular weight excluding hydrogens is 1530 g/mol. The first-order valence-electron chi connectivity index (χ1n) is 41.0. The van der Waals surface area contributed by atoms with Gasteiger partial charge in [0.2, 0.25) is 59.1 Å². The third kappa shape index (κ3) is 34.3. The largest absolute Gasteiger partial charge is 0.481 e. The van der Waals surface area contributed by atoms with Gasteiger partial charge in [-0.1, -0.05) is 38.5 Å². The van der Waals surface area contributed by atoms with Gasteiger partial charge in [0.15, 0.2) is 18.9 Å². The predicted molar refractivity (Wildman–Crippen MR) is 406 cm³/mol. The quantitative estimate of drug-likeness (QED) is 0.0263. The summed E-state index contributed by atoms with van der Waals surface area (Å²) in [6, 6.07) is -2.81. The summed E-state index contributed by atoms with van der Waals surface area (Å²) in [4.78, 5) is 137. The van der Waals surface area contributed by atoms with Gasteiger partial charge in [0.05, 0.1) is 79.3 Å². The van der Waals surface area contributed by atoms with Crippen molar-refractivity contribution in [3.63, 3.8) is 0 Å². The van der Waals surface area contributed by atoms with Crippen molar-refractivity contribution in [2.45, 2.75) is 277 Å². The van der Waals surface area contributed by atoms with E-state index in [0.717, 1.165) is 38.5 Å². The van der Waals surface area contributed by atoms with Gasteiger partial charge in [0.1, 0.15) is 77.1 Å². The van der Waals surface area contributed by atoms with Crippen LogP contribution in [0.4, 0.5) is 0 Å². The van der Waals surface area contributed by atoms with E-state index in [4.69, 9.17) is 61.9 Å². The van der Waals surface area contributed by atoms with E-state index in [1.165, 1.54) is 20.8 Å². The summed E-state index contributed by atoms with van der Waals surface area (Å²) < 4.78 is 69.9. The van der Waals surface area contributed by atoms with Crippen molar-refractivity contribution in [3.8, 4) is 0 Å². The van der Waals surface area contributed by atoms with Crippen molar-refractivity contribution >= 4 is 65.0 Å². The number of aliphatic hydroxyl groups excluding tert-OH is 6. The number of unbranched alkanes of at least 4 members (excludes halogenated alkanes) is 10. The smallest absolute Gasteiger partial charge is 0.303 e.